The highest BCUT2D eigenvalue weighted by molar-refractivity contribution is 5.84. The van der Waals surface area contributed by atoms with E-state index in [0.29, 0.717) is 18.6 Å². The number of hydrazine groups is 1. The van der Waals surface area contributed by atoms with Gasteiger partial charge >= 0.3 is 5.97 Å². The molecule has 0 fully saturated rings. The smallest absolute Gasteiger partial charge is 0.332 e. The number of carbonyl (C=O) groups is 1. The Hall–Kier alpha value is -2.32. The molecule has 0 bridgehead atoms. The molecule has 0 aromatic heterocycles. The molecule has 98 valence electrons. The molecule has 0 radical (unpaired) electrons. The summed E-state index contributed by atoms with van der Waals surface area (Å²) < 4.78 is 5.10. The van der Waals surface area contributed by atoms with Crippen molar-refractivity contribution in [2.45, 2.75) is 18.9 Å². The molecule has 1 unspecified atom stereocenters. The first-order valence-electron chi connectivity index (χ1n) is 6.07. The van der Waals surface area contributed by atoms with Gasteiger partial charge in [-0.1, -0.05) is 12.1 Å². The molecule has 1 aliphatic heterocycles. The lowest BCUT2D eigenvalue weighted by molar-refractivity contribution is -0.149. The molecule has 0 saturated carbocycles. The molecule has 19 heavy (non-hydrogen) atoms. The number of hydrogen-bond donors (Lipinski definition) is 2. The van der Waals surface area contributed by atoms with Crippen LogP contribution in [0.2, 0.25) is 0 Å². The fourth-order valence-corrected chi connectivity index (χ4v) is 1.97. The standard InChI is InChI=1S/C14H15N3O2/c1-2-19-13(18)14(7-8-16-17-14)9-11-3-5-12(10-15)6-4-11/h3-8,16-17H,2,9H2,1H3. The van der Waals surface area contributed by atoms with E-state index in [1.807, 2.05) is 12.1 Å². The Labute approximate surface area is 111 Å². The lowest BCUT2D eigenvalue weighted by Gasteiger charge is -2.25. The van der Waals surface area contributed by atoms with Crippen LogP contribution >= 0.6 is 0 Å². The first kappa shape index (κ1) is 13.1. The largest absolute Gasteiger partial charge is 0.464 e. The first-order chi connectivity index (χ1) is 9.20. The molecule has 1 aliphatic rings. The van der Waals surface area contributed by atoms with Gasteiger partial charge in [-0.15, -0.1) is 0 Å². The Morgan fingerprint density at radius 2 is 2.16 bits per heavy atom. The second-order valence-electron chi connectivity index (χ2n) is 4.28. The molecular weight excluding hydrogens is 242 g/mol. The summed E-state index contributed by atoms with van der Waals surface area (Å²) in [7, 11) is 0. The number of rotatable bonds is 4. The normalized spacial score (nSPS) is 20.6. The minimum atomic E-state index is -0.885. The third kappa shape index (κ3) is 2.75. The van der Waals surface area contributed by atoms with E-state index in [-0.39, 0.29) is 5.97 Å². The van der Waals surface area contributed by atoms with Crippen LogP contribution in [0, 0.1) is 11.3 Å². The number of ether oxygens (including phenoxy) is 1. The Morgan fingerprint density at radius 1 is 1.42 bits per heavy atom. The molecular formula is C14H15N3O2. The average molecular weight is 257 g/mol. The molecule has 2 rings (SSSR count). The number of hydrogen-bond acceptors (Lipinski definition) is 5. The zero-order chi connectivity index (χ0) is 13.7. The monoisotopic (exact) mass is 257 g/mol. The highest BCUT2D eigenvalue weighted by Crippen LogP contribution is 2.20. The molecule has 5 heteroatoms. The summed E-state index contributed by atoms with van der Waals surface area (Å²) in [5.41, 5.74) is 6.41. The first-order valence-corrected chi connectivity index (χ1v) is 6.07. The summed E-state index contributed by atoms with van der Waals surface area (Å²) in [6.07, 6.45) is 3.89. The summed E-state index contributed by atoms with van der Waals surface area (Å²) in [6, 6.07) is 9.22. The molecule has 2 N–H and O–H groups in total. The van der Waals surface area contributed by atoms with Gasteiger partial charge in [0.2, 0.25) is 0 Å². The predicted octanol–water partition coefficient (Wildman–Crippen LogP) is 1.02. The molecule has 1 heterocycles. The lowest BCUT2D eigenvalue weighted by Crippen LogP contribution is -2.53. The van der Waals surface area contributed by atoms with Crippen molar-refractivity contribution in [3.63, 3.8) is 0 Å². The van der Waals surface area contributed by atoms with Gasteiger partial charge in [0.05, 0.1) is 18.2 Å². The van der Waals surface area contributed by atoms with Crippen LogP contribution in [0.25, 0.3) is 0 Å². The number of esters is 1. The minimum Gasteiger partial charge on any atom is -0.464 e. The van der Waals surface area contributed by atoms with Crippen molar-refractivity contribution in [1.29, 1.82) is 5.26 Å². The van der Waals surface area contributed by atoms with Crippen LogP contribution in [-0.2, 0) is 16.0 Å². The van der Waals surface area contributed by atoms with Crippen molar-refractivity contribution in [3.05, 3.63) is 47.7 Å². The van der Waals surface area contributed by atoms with Gasteiger partial charge in [0.25, 0.3) is 0 Å². The van der Waals surface area contributed by atoms with Gasteiger partial charge in [-0.25, -0.2) is 10.2 Å². The van der Waals surface area contributed by atoms with E-state index < -0.39 is 5.54 Å². The Morgan fingerprint density at radius 3 is 2.68 bits per heavy atom. The molecule has 1 aromatic carbocycles. The van der Waals surface area contributed by atoms with Crippen LogP contribution in [0.1, 0.15) is 18.1 Å². The maximum atomic E-state index is 12.1. The van der Waals surface area contributed by atoms with Gasteiger partial charge in [0, 0.05) is 12.6 Å². The van der Waals surface area contributed by atoms with E-state index in [2.05, 4.69) is 16.9 Å². The zero-order valence-corrected chi connectivity index (χ0v) is 10.6. The Kier molecular flexibility index (Phi) is 3.83. The minimum absolute atomic E-state index is 0.319. The van der Waals surface area contributed by atoms with Gasteiger partial charge in [0.1, 0.15) is 0 Å². The summed E-state index contributed by atoms with van der Waals surface area (Å²) in [5, 5.41) is 8.76. The summed E-state index contributed by atoms with van der Waals surface area (Å²) in [4.78, 5) is 12.1. The zero-order valence-electron chi connectivity index (χ0n) is 10.6. The maximum absolute atomic E-state index is 12.1. The second-order valence-corrected chi connectivity index (χ2v) is 4.28. The number of nitriles is 1. The van der Waals surface area contributed by atoms with Crippen molar-refractivity contribution in [3.8, 4) is 6.07 Å². The van der Waals surface area contributed by atoms with E-state index in [4.69, 9.17) is 10.00 Å². The highest BCUT2D eigenvalue weighted by Gasteiger charge is 2.39. The topological polar surface area (TPSA) is 74.2 Å². The third-order valence-corrected chi connectivity index (χ3v) is 2.95. The summed E-state index contributed by atoms with van der Waals surface area (Å²) >= 11 is 0. The molecule has 0 aliphatic carbocycles. The van der Waals surface area contributed by atoms with E-state index >= 15 is 0 Å². The van der Waals surface area contributed by atoms with E-state index in [1.165, 1.54) is 0 Å². The van der Waals surface area contributed by atoms with Crippen molar-refractivity contribution >= 4 is 5.97 Å². The molecule has 0 spiro atoms. The number of benzene rings is 1. The summed E-state index contributed by atoms with van der Waals surface area (Å²) in [5.74, 6) is -0.319. The number of nitrogens with zero attached hydrogens (tertiary/aromatic N) is 1. The maximum Gasteiger partial charge on any atom is 0.332 e. The Balaban J connectivity index is 2.19. The molecule has 1 aromatic rings. The number of carbonyl (C=O) groups excluding carboxylic acids is 1. The second kappa shape index (κ2) is 5.55. The lowest BCUT2D eigenvalue weighted by atomic mass is 9.91. The summed E-state index contributed by atoms with van der Waals surface area (Å²) in [6.45, 7) is 2.11. The van der Waals surface area contributed by atoms with Crippen molar-refractivity contribution in [1.82, 2.24) is 10.9 Å². The Bertz CT molecular complexity index is 531. The number of nitrogens with one attached hydrogen (secondary N) is 2. The fourth-order valence-electron chi connectivity index (χ4n) is 1.97. The van der Waals surface area contributed by atoms with E-state index in [9.17, 15) is 4.79 Å². The van der Waals surface area contributed by atoms with Gasteiger partial charge in [-0.3, -0.25) is 0 Å². The average Bonchev–Trinajstić information content (AvgIpc) is 2.90. The quantitative estimate of drug-likeness (QED) is 0.788. The van der Waals surface area contributed by atoms with Gasteiger partial charge in [0.15, 0.2) is 5.54 Å². The molecule has 0 amide bonds. The fraction of sp³-hybridized carbons (Fsp3) is 0.286. The molecule has 0 saturated heterocycles. The SMILES string of the molecule is CCOC(=O)C1(Cc2ccc(C#N)cc2)C=CNN1. The van der Waals surface area contributed by atoms with E-state index in [0.717, 1.165) is 5.56 Å². The van der Waals surface area contributed by atoms with E-state index in [1.54, 1.807) is 31.3 Å². The van der Waals surface area contributed by atoms with Crippen LogP contribution in [0.5, 0.6) is 0 Å². The van der Waals surface area contributed by atoms with Crippen molar-refractivity contribution in [2.75, 3.05) is 6.61 Å². The predicted molar refractivity (Wildman–Crippen MR) is 69.6 cm³/mol. The van der Waals surface area contributed by atoms with Gasteiger partial charge in [-0.2, -0.15) is 5.26 Å². The van der Waals surface area contributed by atoms with Crippen molar-refractivity contribution < 1.29 is 9.53 Å². The highest BCUT2D eigenvalue weighted by atomic mass is 16.5. The van der Waals surface area contributed by atoms with Crippen LogP contribution in [-0.4, -0.2) is 18.1 Å². The molecule has 5 nitrogen and oxygen atoms in total. The van der Waals surface area contributed by atoms with Gasteiger partial charge < -0.3 is 10.2 Å². The molecule has 1 atom stereocenters. The van der Waals surface area contributed by atoms with Crippen LogP contribution in [0.15, 0.2) is 36.5 Å². The van der Waals surface area contributed by atoms with Crippen molar-refractivity contribution in [2.24, 2.45) is 0 Å². The van der Waals surface area contributed by atoms with Crippen LogP contribution in [0.4, 0.5) is 0 Å². The van der Waals surface area contributed by atoms with Gasteiger partial charge in [-0.05, 0) is 30.7 Å². The third-order valence-electron chi connectivity index (χ3n) is 2.95. The van der Waals surface area contributed by atoms with Crippen LogP contribution < -0.4 is 10.9 Å². The van der Waals surface area contributed by atoms with Crippen LogP contribution in [0.3, 0.4) is 0 Å².